The van der Waals surface area contributed by atoms with Gasteiger partial charge in [0.15, 0.2) is 0 Å². The number of pyridine rings is 1. The van der Waals surface area contributed by atoms with Crippen molar-refractivity contribution in [2.45, 2.75) is 45.4 Å². The monoisotopic (exact) mass is 353 g/mol. The van der Waals surface area contributed by atoms with Gasteiger partial charge in [0.2, 0.25) is 0 Å². The van der Waals surface area contributed by atoms with Gasteiger partial charge in [-0.1, -0.05) is 12.0 Å². The molecule has 134 valence electrons. The highest BCUT2D eigenvalue weighted by molar-refractivity contribution is 6.54. The van der Waals surface area contributed by atoms with Gasteiger partial charge in [-0.2, -0.15) is 5.10 Å². The molecule has 1 aliphatic rings. The summed E-state index contributed by atoms with van der Waals surface area (Å²) in [6, 6.07) is 5.35. The maximum atomic E-state index is 14.5. The lowest BCUT2D eigenvalue weighted by atomic mass is 9.87. The Labute approximate surface area is 153 Å². The summed E-state index contributed by atoms with van der Waals surface area (Å²) in [6.45, 7) is 8.04. The normalized spacial score (nSPS) is 18.5. The number of hydrogen-bond acceptors (Lipinski definition) is 4. The summed E-state index contributed by atoms with van der Waals surface area (Å²) in [5.74, 6) is 5.94. The number of halogens is 1. The molecule has 0 atom stereocenters. The maximum absolute atomic E-state index is 14.5. The standard InChI is InChI=1S/C19H21BFN3O2/c1-18(2)19(3,4)26-20(25-18)17(21)13-15-8-9-16(22-14-15)7-5-11-24-12-6-10-23-24/h6,8-10,12-14H,11H2,1-4H3. The highest BCUT2D eigenvalue weighted by Gasteiger charge is 2.53. The zero-order valence-corrected chi connectivity index (χ0v) is 15.4. The second-order valence-electron chi connectivity index (χ2n) is 7.10. The number of hydrogen-bond donors (Lipinski definition) is 0. The van der Waals surface area contributed by atoms with Crippen LogP contribution >= 0.6 is 0 Å². The third-order valence-electron chi connectivity index (χ3n) is 4.59. The molecule has 1 fully saturated rings. The van der Waals surface area contributed by atoms with E-state index in [1.165, 1.54) is 6.08 Å². The molecule has 3 rings (SSSR count). The first kappa shape index (κ1) is 18.4. The lowest BCUT2D eigenvalue weighted by molar-refractivity contribution is 0.00578. The molecule has 1 aliphatic heterocycles. The van der Waals surface area contributed by atoms with Crippen molar-refractivity contribution < 1.29 is 13.7 Å². The van der Waals surface area contributed by atoms with Crippen LogP contribution in [0.4, 0.5) is 4.39 Å². The van der Waals surface area contributed by atoms with Gasteiger partial charge in [-0.25, -0.2) is 9.37 Å². The Morgan fingerprint density at radius 1 is 1.27 bits per heavy atom. The Hall–Kier alpha value is -2.43. The van der Waals surface area contributed by atoms with Crippen LogP contribution in [-0.2, 0) is 15.9 Å². The molecule has 0 aliphatic carbocycles. The molecule has 0 N–H and O–H groups in total. The molecule has 2 aromatic heterocycles. The highest BCUT2D eigenvalue weighted by atomic mass is 19.1. The molecule has 0 bridgehead atoms. The van der Waals surface area contributed by atoms with Crippen LogP contribution in [0.15, 0.2) is 42.5 Å². The Balaban J connectivity index is 1.65. The molecule has 0 amide bonds. The molecule has 26 heavy (non-hydrogen) atoms. The summed E-state index contributed by atoms with van der Waals surface area (Å²) < 4.78 is 27.6. The van der Waals surface area contributed by atoms with Crippen LogP contribution in [-0.4, -0.2) is 33.1 Å². The van der Waals surface area contributed by atoms with Crippen molar-refractivity contribution in [1.82, 2.24) is 14.8 Å². The van der Waals surface area contributed by atoms with E-state index < -0.39 is 24.0 Å². The summed E-state index contributed by atoms with van der Waals surface area (Å²) in [6.07, 6.45) is 6.49. The van der Waals surface area contributed by atoms with Crippen molar-refractivity contribution >= 4 is 13.2 Å². The molecule has 0 spiro atoms. The zero-order valence-electron chi connectivity index (χ0n) is 15.4. The first-order valence-corrected chi connectivity index (χ1v) is 8.42. The van der Waals surface area contributed by atoms with Crippen LogP contribution in [0.3, 0.4) is 0 Å². The van der Waals surface area contributed by atoms with Crippen molar-refractivity contribution in [3.05, 3.63) is 53.8 Å². The summed E-state index contributed by atoms with van der Waals surface area (Å²) in [4.78, 5) is 4.24. The van der Waals surface area contributed by atoms with Crippen LogP contribution < -0.4 is 0 Å². The summed E-state index contributed by atoms with van der Waals surface area (Å²) in [5.41, 5.74) is -0.396. The van der Waals surface area contributed by atoms with Crippen LogP contribution in [0.5, 0.6) is 0 Å². The van der Waals surface area contributed by atoms with E-state index in [0.29, 0.717) is 17.8 Å². The topological polar surface area (TPSA) is 49.2 Å². The highest BCUT2D eigenvalue weighted by Crippen LogP contribution is 2.39. The Bertz CT molecular complexity index is 833. The Kier molecular flexibility index (Phi) is 4.99. The fraction of sp³-hybridized carbons (Fsp3) is 0.368. The maximum Gasteiger partial charge on any atom is 0.525 e. The third-order valence-corrected chi connectivity index (χ3v) is 4.59. The molecular weight excluding hydrogens is 332 g/mol. The number of nitrogens with zero attached hydrogens (tertiary/aromatic N) is 3. The second-order valence-corrected chi connectivity index (χ2v) is 7.10. The molecule has 0 aromatic carbocycles. The van der Waals surface area contributed by atoms with Crippen molar-refractivity contribution in [1.29, 1.82) is 0 Å². The first-order valence-electron chi connectivity index (χ1n) is 8.42. The number of rotatable bonds is 3. The summed E-state index contributed by atoms with van der Waals surface area (Å²) >= 11 is 0. The van der Waals surface area contributed by atoms with Crippen molar-refractivity contribution in [2.24, 2.45) is 0 Å². The Morgan fingerprint density at radius 3 is 2.58 bits per heavy atom. The first-order chi connectivity index (χ1) is 12.3. The van der Waals surface area contributed by atoms with E-state index >= 15 is 0 Å². The van der Waals surface area contributed by atoms with Gasteiger partial charge in [0.1, 0.15) is 18.0 Å². The Morgan fingerprint density at radius 2 is 2.00 bits per heavy atom. The average Bonchev–Trinajstić information content (AvgIpc) is 3.15. The fourth-order valence-electron chi connectivity index (χ4n) is 2.35. The molecule has 0 radical (unpaired) electrons. The van der Waals surface area contributed by atoms with E-state index in [2.05, 4.69) is 21.9 Å². The molecule has 0 unspecified atom stereocenters. The van der Waals surface area contributed by atoms with Gasteiger partial charge in [0.25, 0.3) is 0 Å². The lowest BCUT2D eigenvalue weighted by Crippen LogP contribution is -2.41. The zero-order chi connectivity index (χ0) is 18.8. The molecule has 2 aromatic rings. The van der Waals surface area contributed by atoms with Crippen LogP contribution in [0, 0.1) is 11.8 Å². The fourth-order valence-corrected chi connectivity index (χ4v) is 2.35. The molecular formula is C19H21BFN3O2. The minimum absolute atomic E-state index is 0.483. The quantitative estimate of drug-likeness (QED) is 0.628. The van der Waals surface area contributed by atoms with Crippen LogP contribution in [0.1, 0.15) is 39.0 Å². The van der Waals surface area contributed by atoms with E-state index in [0.717, 1.165) is 0 Å². The van der Waals surface area contributed by atoms with E-state index in [4.69, 9.17) is 9.31 Å². The van der Waals surface area contributed by atoms with Gasteiger partial charge < -0.3 is 9.31 Å². The smallest absolute Gasteiger partial charge is 0.398 e. The molecule has 7 heteroatoms. The van der Waals surface area contributed by atoms with Gasteiger partial charge in [-0.15, -0.1) is 0 Å². The van der Waals surface area contributed by atoms with Crippen LogP contribution in [0.25, 0.3) is 6.08 Å². The molecule has 3 heterocycles. The van der Waals surface area contributed by atoms with E-state index in [1.54, 1.807) is 29.2 Å². The molecule has 0 saturated carbocycles. The predicted octanol–water partition coefficient (Wildman–Crippen LogP) is 3.27. The SMILES string of the molecule is CC1(C)OB(C(F)=Cc2ccc(C#CCn3cccn3)nc2)OC1(C)C. The molecule has 1 saturated heterocycles. The average molecular weight is 353 g/mol. The third kappa shape index (κ3) is 4.04. The van der Waals surface area contributed by atoms with Gasteiger partial charge >= 0.3 is 7.12 Å². The summed E-state index contributed by atoms with van der Waals surface area (Å²) in [5, 5.41) is 4.07. The number of aromatic nitrogens is 3. The van der Waals surface area contributed by atoms with Gasteiger partial charge in [-0.3, -0.25) is 4.68 Å². The van der Waals surface area contributed by atoms with Crippen molar-refractivity contribution in [2.75, 3.05) is 0 Å². The lowest BCUT2D eigenvalue weighted by Gasteiger charge is -2.32. The van der Waals surface area contributed by atoms with Crippen LogP contribution in [0.2, 0.25) is 0 Å². The predicted molar refractivity (Wildman–Crippen MR) is 98.5 cm³/mol. The van der Waals surface area contributed by atoms with E-state index in [1.807, 2.05) is 40.0 Å². The minimum Gasteiger partial charge on any atom is -0.398 e. The van der Waals surface area contributed by atoms with Gasteiger partial charge in [-0.05, 0) is 57.4 Å². The summed E-state index contributed by atoms with van der Waals surface area (Å²) in [7, 11) is -1.01. The second kappa shape index (κ2) is 7.06. The minimum atomic E-state index is -1.01. The van der Waals surface area contributed by atoms with Crippen molar-refractivity contribution in [3.63, 3.8) is 0 Å². The van der Waals surface area contributed by atoms with Gasteiger partial charge in [0, 0.05) is 18.6 Å². The van der Waals surface area contributed by atoms with Gasteiger partial charge in [0.05, 0.1) is 11.2 Å². The van der Waals surface area contributed by atoms with E-state index in [9.17, 15) is 4.39 Å². The van der Waals surface area contributed by atoms with E-state index in [-0.39, 0.29) is 0 Å². The van der Waals surface area contributed by atoms with Crippen molar-refractivity contribution in [3.8, 4) is 11.8 Å². The molecule has 5 nitrogen and oxygen atoms in total. The largest absolute Gasteiger partial charge is 0.525 e.